The summed E-state index contributed by atoms with van der Waals surface area (Å²) in [5, 5.41) is 9.20. The van der Waals surface area contributed by atoms with E-state index in [0.717, 1.165) is 16.9 Å². The van der Waals surface area contributed by atoms with Crippen LogP contribution in [0.2, 0.25) is 5.02 Å². The molecule has 1 aromatic heterocycles. The average Bonchev–Trinajstić information content (AvgIpc) is 3.00. The third kappa shape index (κ3) is 5.64. The van der Waals surface area contributed by atoms with Crippen molar-refractivity contribution in [1.82, 2.24) is 19.6 Å². The van der Waals surface area contributed by atoms with Crippen LogP contribution < -0.4 is 20.9 Å². The molecule has 0 saturated heterocycles. The molecule has 1 aliphatic heterocycles. The Morgan fingerprint density at radius 1 is 1.11 bits per heavy atom. The molecule has 0 saturated carbocycles. The van der Waals surface area contributed by atoms with Crippen LogP contribution in [0.25, 0.3) is 0 Å². The minimum absolute atomic E-state index is 0.236. The Hall–Kier alpha value is -3.41. The summed E-state index contributed by atoms with van der Waals surface area (Å²) in [7, 11) is 0.202. The van der Waals surface area contributed by atoms with Gasteiger partial charge in [-0.15, -0.1) is 0 Å². The number of carbonyl (C=O) groups is 1. The lowest BCUT2D eigenvalue weighted by atomic mass is 10.1. The highest BCUT2D eigenvalue weighted by Gasteiger charge is 2.24. The molecule has 184 valence electrons. The molecule has 0 spiro atoms. The van der Waals surface area contributed by atoms with Crippen molar-refractivity contribution in [3.63, 3.8) is 0 Å². The van der Waals surface area contributed by atoms with Crippen LogP contribution in [0, 0.1) is 0 Å². The second kappa shape index (κ2) is 10.1. The molecule has 2 aromatic carbocycles. The maximum atomic E-state index is 12.2. The van der Waals surface area contributed by atoms with Crippen LogP contribution in [0.1, 0.15) is 15.9 Å². The number of likely N-dealkylation sites (N-methyl/N-ethyl adjacent to an activating group) is 1. The summed E-state index contributed by atoms with van der Waals surface area (Å²) in [5.74, 6) is 0.416. The molecular formula is C23H26ClN7O3S. The van der Waals surface area contributed by atoms with Gasteiger partial charge in [0.1, 0.15) is 5.02 Å². The first-order chi connectivity index (χ1) is 16.7. The summed E-state index contributed by atoms with van der Waals surface area (Å²) in [6, 6.07) is 12.7. The van der Waals surface area contributed by atoms with Crippen LogP contribution in [-0.2, 0) is 16.6 Å². The van der Waals surface area contributed by atoms with Crippen molar-refractivity contribution in [2.24, 2.45) is 0 Å². The molecule has 3 N–H and O–H groups in total. The zero-order valence-electron chi connectivity index (χ0n) is 19.5. The number of hydrogen-bond acceptors (Lipinski definition) is 8. The monoisotopic (exact) mass is 515 g/mol. The van der Waals surface area contributed by atoms with E-state index >= 15 is 0 Å². The summed E-state index contributed by atoms with van der Waals surface area (Å²) < 4.78 is 25.6. The van der Waals surface area contributed by atoms with Gasteiger partial charge < -0.3 is 20.9 Å². The first kappa shape index (κ1) is 24.7. The number of benzene rings is 2. The number of amides is 1. The Morgan fingerprint density at radius 3 is 2.63 bits per heavy atom. The molecule has 2 heterocycles. The van der Waals surface area contributed by atoms with E-state index in [-0.39, 0.29) is 5.91 Å². The molecule has 35 heavy (non-hydrogen) atoms. The molecule has 0 aliphatic carbocycles. The second-order valence-electron chi connectivity index (χ2n) is 8.13. The van der Waals surface area contributed by atoms with E-state index in [1.807, 2.05) is 30.1 Å². The number of sulfonamides is 1. The molecule has 0 atom stereocenters. The highest BCUT2D eigenvalue weighted by atomic mass is 35.5. The van der Waals surface area contributed by atoms with Crippen LogP contribution in [0.5, 0.6) is 0 Å². The Kier molecular flexibility index (Phi) is 7.10. The van der Waals surface area contributed by atoms with Crippen LogP contribution >= 0.6 is 11.6 Å². The molecule has 0 radical (unpaired) electrons. The standard InChI is InChI=1S/C23H26ClN7O3S/c1-25-22(32)17-6-4-5-7-19(17)28-21-18(24)13-26-23(29-21)27-16-9-8-15-14-31(35(3,33)34)11-10-30(2)20(15)12-16/h4-9,12-13H,10-11,14H2,1-3H3,(H,25,32)(H2,26,27,28,29). The third-order valence-corrected chi connectivity index (χ3v) is 7.18. The van der Waals surface area contributed by atoms with Crippen molar-refractivity contribution in [1.29, 1.82) is 0 Å². The molecule has 1 aliphatic rings. The van der Waals surface area contributed by atoms with E-state index in [1.165, 1.54) is 16.8 Å². The van der Waals surface area contributed by atoms with Gasteiger partial charge in [0.15, 0.2) is 5.82 Å². The number of nitrogens with zero attached hydrogens (tertiary/aromatic N) is 4. The van der Waals surface area contributed by atoms with Crippen molar-refractivity contribution in [2.45, 2.75) is 6.54 Å². The number of aromatic nitrogens is 2. The number of rotatable bonds is 6. The summed E-state index contributed by atoms with van der Waals surface area (Å²) in [6.07, 6.45) is 2.70. The van der Waals surface area contributed by atoms with Gasteiger partial charge in [0, 0.05) is 45.1 Å². The Balaban J connectivity index is 1.59. The first-order valence-corrected chi connectivity index (χ1v) is 13.0. The van der Waals surface area contributed by atoms with Crippen LogP contribution in [-0.4, -0.2) is 62.0 Å². The van der Waals surface area contributed by atoms with Gasteiger partial charge in [-0.05, 0) is 29.8 Å². The minimum atomic E-state index is -3.29. The lowest BCUT2D eigenvalue weighted by Gasteiger charge is -2.20. The Labute approximate surface area is 209 Å². The van der Waals surface area contributed by atoms with Gasteiger partial charge in [-0.1, -0.05) is 29.8 Å². The van der Waals surface area contributed by atoms with Crippen LogP contribution in [0.15, 0.2) is 48.7 Å². The fourth-order valence-corrected chi connectivity index (χ4v) is 4.69. The van der Waals surface area contributed by atoms with E-state index in [4.69, 9.17) is 11.6 Å². The quantitative estimate of drug-likeness (QED) is 0.458. The van der Waals surface area contributed by atoms with Gasteiger partial charge >= 0.3 is 0 Å². The van der Waals surface area contributed by atoms with Gasteiger partial charge in [0.2, 0.25) is 16.0 Å². The SMILES string of the molecule is CNC(=O)c1ccccc1Nc1nc(Nc2ccc3c(c2)N(C)CCN(S(C)(=O)=O)C3)ncc1Cl. The molecule has 0 fully saturated rings. The number of carbonyl (C=O) groups excluding carboxylic acids is 1. The molecule has 4 rings (SSSR count). The number of hydrogen-bond donors (Lipinski definition) is 3. The Bertz CT molecular complexity index is 1370. The highest BCUT2D eigenvalue weighted by molar-refractivity contribution is 7.88. The lowest BCUT2D eigenvalue weighted by Crippen LogP contribution is -2.33. The Morgan fingerprint density at radius 2 is 1.89 bits per heavy atom. The zero-order chi connectivity index (χ0) is 25.2. The highest BCUT2D eigenvalue weighted by Crippen LogP contribution is 2.31. The summed E-state index contributed by atoms with van der Waals surface area (Å²) in [6.45, 7) is 1.30. The molecule has 12 heteroatoms. The van der Waals surface area contributed by atoms with E-state index in [1.54, 1.807) is 31.3 Å². The number of nitrogens with one attached hydrogen (secondary N) is 3. The first-order valence-electron chi connectivity index (χ1n) is 10.8. The predicted octanol–water partition coefficient (Wildman–Crippen LogP) is 3.19. The van der Waals surface area contributed by atoms with Gasteiger partial charge in [0.25, 0.3) is 5.91 Å². The van der Waals surface area contributed by atoms with E-state index in [9.17, 15) is 13.2 Å². The molecule has 3 aromatic rings. The molecule has 10 nitrogen and oxygen atoms in total. The van der Waals surface area contributed by atoms with Gasteiger partial charge in [-0.3, -0.25) is 4.79 Å². The fourth-order valence-electron chi connectivity index (χ4n) is 3.76. The van der Waals surface area contributed by atoms with Crippen molar-refractivity contribution < 1.29 is 13.2 Å². The van der Waals surface area contributed by atoms with Gasteiger partial charge in [-0.2, -0.15) is 9.29 Å². The van der Waals surface area contributed by atoms with Crippen molar-refractivity contribution in [3.05, 3.63) is 64.8 Å². The largest absolute Gasteiger partial charge is 0.373 e. The minimum Gasteiger partial charge on any atom is -0.373 e. The normalized spacial score (nSPS) is 14.1. The molecule has 0 bridgehead atoms. The lowest BCUT2D eigenvalue weighted by molar-refractivity contribution is 0.0964. The van der Waals surface area contributed by atoms with E-state index in [0.29, 0.717) is 47.7 Å². The second-order valence-corrected chi connectivity index (χ2v) is 10.5. The number of fused-ring (bicyclic) bond motifs is 1. The summed E-state index contributed by atoms with van der Waals surface area (Å²) in [4.78, 5) is 23.0. The summed E-state index contributed by atoms with van der Waals surface area (Å²) in [5.41, 5.74) is 3.58. The predicted molar refractivity (Wildman–Crippen MR) is 138 cm³/mol. The molecule has 1 amide bonds. The third-order valence-electron chi connectivity index (χ3n) is 5.65. The number of halogens is 1. The summed E-state index contributed by atoms with van der Waals surface area (Å²) >= 11 is 6.32. The van der Waals surface area contributed by atoms with E-state index < -0.39 is 10.0 Å². The smallest absolute Gasteiger partial charge is 0.253 e. The van der Waals surface area contributed by atoms with Crippen LogP contribution in [0.4, 0.5) is 28.8 Å². The average molecular weight is 516 g/mol. The van der Waals surface area contributed by atoms with Gasteiger partial charge in [0.05, 0.1) is 23.7 Å². The van der Waals surface area contributed by atoms with Gasteiger partial charge in [-0.25, -0.2) is 13.4 Å². The fraction of sp³-hybridized carbons (Fsp3) is 0.261. The topological polar surface area (TPSA) is 120 Å². The molecule has 0 unspecified atom stereocenters. The van der Waals surface area contributed by atoms with E-state index in [2.05, 4.69) is 25.9 Å². The molecular weight excluding hydrogens is 490 g/mol. The van der Waals surface area contributed by atoms with Crippen molar-refractivity contribution in [3.8, 4) is 0 Å². The van der Waals surface area contributed by atoms with Crippen molar-refractivity contribution >= 4 is 56.4 Å². The maximum absolute atomic E-state index is 12.2. The van der Waals surface area contributed by atoms with Crippen molar-refractivity contribution in [2.75, 3.05) is 49.0 Å². The number of anilines is 5. The zero-order valence-corrected chi connectivity index (χ0v) is 21.1. The number of para-hydroxylation sites is 1. The maximum Gasteiger partial charge on any atom is 0.253 e. The van der Waals surface area contributed by atoms with Crippen LogP contribution in [0.3, 0.4) is 0 Å².